The highest BCUT2D eigenvalue weighted by molar-refractivity contribution is 5.93. The molecule has 0 spiro atoms. The fourth-order valence-electron chi connectivity index (χ4n) is 1.43. The van der Waals surface area contributed by atoms with Crippen LogP contribution in [-0.2, 0) is 17.8 Å². The monoisotopic (exact) mass is 255 g/mol. The van der Waals surface area contributed by atoms with Crippen LogP contribution in [0.5, 0.6) is 0 Å². The topological polar surface area (TPSA) is 104 Å². The zero-order chi connectivity index (χ0) is 13.7. The van der Waals surface area contributed by atoms with Crippen molar-refractivity contribution >= 4 is 11.9 Å². The number of amides is 1. The summed E-state index contributed by atoms with van der Waals surface area (Å²) in [6.07, 6.45) is -0.886. The zero-order valence-electron chi connectivity index (χ0n) is 10.4. The second-order valence-corrected chi connectivity index (χ2v) is 3.75. The first kappa shape index (κ1) is 14.2. The second kappa shape index (κ2) is 6.15. The Morgan fingerprint density at radius 2 is 2.17 bits per heavy atom. The minimum Gasteiger partial charge on any atom is -0.479 e. The molecular formula is C11H17N3O4. The van der Waals surface area contributed by atoms with E-state index >= 15 is 0 Å². The lowest BCUT2D eigenvalue weighted by molar-refractivity contribution is -0.146. The number of hydrogen-bond acceptors (Lipinski definition) is 4. The highest BCUT2D eigenvalue weighted by Crippen LogP contribution is 2.05. The molecule has 0 saturated heterocycles. The fraction of sp³-hybridized carbons (Fsp3) is 0.545. The molecule has 1 rings (SSSR count). The van der Waals surface area contributed by atoms with Crippen LogP contribution in [0, 0.1) is 0 Å². The maximum atomic E-state index is 11.8. The van der Waals surface area contributed by atoms with Crippen LogP contribution in [-0.4, -0.2) is 44.5 Å². The quantitative estimate of drug-likeness (QED) is 0.644. The lowest BCUT2D eigenvalue weighted by Gasteiger charge is -2.08. The molecule has 7 nitrogen and oxygen atoms in total. The molecule has 0 bridgehead atoms. The maximum absolute atomic E-state index is 11.8. The number of aliphatic hydroxyl groups excluding tert-OH is 1. The van der Waals surface area contributed by atoms with Crippen LogP contribution in [0.1, 0.15) is 30.0 Å². The van der Waals surface area contributed by atoms with Crippen LogP contribution in [0.15, 0.2) is 6.07 Å². The van der Waals surface area contributed by atoms with Crippen molar-refractivity contribution in [2.45, 2.75) is 32.9 Å². The first-order chi connectivity index (χ1) is 8.49. The summed E-state index contributed by atoms with van der Waals surface area (Å²) in [5, 5.41) is 24.1. The molecule has 1 aromatic heterocycles. The average molecular weight is 255 g/mol. The molecule has 0 radical (unpaired) electrons. The van der Waals surface area contributed by atoms with Crippen molar-refractivity contribution in [1.29, 1.82) is 0 Å². The predicted molar refractivity (Wildman–Crippen MR) is 63.3 cm³/mol. The molecule has 0 aliphatic carbocycles. The standard InChI is InChI=1S/C11H17N3O4/c1-3-7-5-8(14(4-2)13-7)10(16)12-6-9(15)11(17)18/h5,9,15H,3-4,6H2,1-2H3,(H,12,16)(H,17,18). The van der Waals surface area contributed by atoms with Gasteiger partial charge in [-0.3, -0.25) is 9.48 Å². The molecule has 1 heterocycles. The van der Waals surface area contributed by atoms with Crippen LogP contribution < -0.4 is 5.32 Å². The number of aromatic nitrogens is 2. The number of rotatable bonds is 6. The maximum Gasteiger partial charge on any atom is 0.334 e. The smallest absolute Gasteiger partial charge is 0.334 e. The number of carbonyl (C=O) groups excluding carboxylic acids is 1. The van der Waals surface area contributed by atoms with E-state index in [1.54, 1.807) is 10.7 Å². The van der Waals surface area contributed by atoms with Crippen LogP contribution in [0.2, 0.25) is 0 Å². The van der Waals surface area contributed by atoms with E-state index in [2.05, 4.69) is 10.4 Å². The first-order valence-corrected chi connectivity index (χ1v) is 5.75. The van der Waals surface area contributed by atoms with Gasteiger partial charge in [0, 0.05) is 6.54 Å². The summed E-state index contributed by atoms with van der Waals surface area (Å²) < 4.78 is 1.54. The largest absolute Gasteiger partial charge is 0.479 e. The van der Waals surface area contributed by atoms with E-state index in [0.29, 0.717) is 18.7 Å². The molecule has 3 N–H and O–H groups in total. The Morgan fingerprint density at radius 3 is 2.67 bits per heavy atom. The molecule has 0 aromatic carbocycles. The van der Waals surface area contributed by atoms with Gasteiger partial charge in [-0.25, -0.2) is 4.79 Å². The molecule has 0 aliphatic rings. The summed E-state index contributed by atoms with van der Waals surface area (Å²) in [5.74, 6) is -1.81. The van der Waals surface area contributed by atoms with Gasteiger partial charge in [-0.15, -0.1) is 0 Å². The minimum absolute atomic E-state index is 0.329. The lowest BCUT2D eigenvalue weighted by atomic mass is 10.3. The Hall–Kier alpha value is -1.89. The SMILES string of the molecule is CCc1cc(C(=O)NCC(O)C(=O)O)n(CC)n1. The summed E-state index contributed by atoms with van der Waals surface area (Å²) >= 11 is 0. The van der Waals surface area contributed by atoms with E-state index in [-0.39, 0.29) is 6.54 Å². The number of aliphatic carboxylic acids is 1. The van der Waals surface area contributed by atoms with Gasteiger partial charge in [0.05, 0.1) is 12.2 Å². The summed E-state index contributed by atoms with van der Waals surface area (Å²) in [7, 11) is 0. The van der Waals surface area contributed by atoms with Crippen LogP contribution in [0.3, 0.4) is 0 Å². The summed E-state index contributed by atoms with van der Waals surface area (Å²) in [5.41, 5.74) is 1.16. The molecule has 0 saturated carbocycles. The molecule has 1 atom stereocenters. The van der Waals surface area contributed by atoms with Crippen molar-refractivity contribution in [2.75, 3.05) is 6.54 Å². The number of aliphatic hydroxyl groups is 1. The lowest BCUT2D eigenvalue weighted by Crippen LogP contribution is -2.37. The second-order valence-electron chi connectivity index (χ2n) is 3.75. The van der Waals surface area contributed by atoms with Gasteiger partial charge in [-0.05, 0) is 19.4 Å². The van der Waals surface area contributed by atoms with Gasteiger partial charge in [0.1, 0.15) is 5.69 Å². The number of carboxylic acids is 1. The molecule has 1 amide bonds. The van der Waals surface area contributed by atoms with Crippen molar-refractivity contribution in [3.05, 3.63) is 17.5 Å². The van der Waals surface area contributed by atoms with Gasteiger partial charge >= 0.3 is 5.97 Å². The third-order valence-electron chi connectivity index (χ3n) is 2.47. The van der Waals surface area contributed by atoms with Crippen molar-refractivity contribution < 1.29 is 19.8 Å². The Labute approximate surface area is 104 Å². The first-order valence-electron chi connectivity index (χ1n) is 5.75. The highest BCUT2D eigenvalue weighted by atomic mass is 16.4. The van der Waals surface area contributed by atoms with E-state index in [9.17, 15) is 9.59 Å². The van der Waals surface area contributed by atoms with E-state index in [4.69, 9.17) is 10.2 Å². The van der Waals surface area contributed by atoms with Crippen LogP contribution in [0.25, 0.3) is 0 Å². The molecule has 0 fully saturated rings. The molecule has 7 heteroatoms. The number of nitrogens with one attached hydrogen (secondary N) is 1. The zero-order valence-corrected chi connectivity index (χ0v) is 10.4. The molecule has 0 aliphatic heterocycles. The molecule has 18 heavy (non-hydrogen) atoms. The summed E-state index contributed by atoms with van der Waals surface area (Å²) in [6.45, 7) is 4.00. The van der Waals surface area contributed by atoms with Gasteiger partial charge < -0.3 is 15.5 Å². The molecule has 100 valence electrons. The number of carbonyl (C=O) groups is 2. The molecule has 1 aromatic rings. The number of aryl methyl sites for hydroxylation is 2. The van der Waals surface area contributed by atoms with Gasteiger partial charge in [0.15, 0.2) is 6.10 Å². The van der Waals surface area contributed by atoms with Crippen molar-refractivity contribution in [2.24, 2.45) is 0 Å². The third-order valence-corrected chi connectivity index (χ3v) is 2.47. The van der Waals surface area contributed by atoms with Crippen molar-refractivity contribution in [3.63, 3.8) is 0 Å². The highest BCUT2D eigenvalue weighted by Gasteiger charge is 2.17. The van der Waals surface area contributed by atoms with Crippen molar-refractivity contribution in [1.82, 2.24) is 15.1 Å². The Morgan fingerprint density at radius 1 is 1.50 bits per heavy atom. The third kappa shape index (κ3) is 3.30. The van der Waals surface area contributed by atoms with Crippen LogP contribution >= 0.6 is 0 Å². The number of nitrogens with zero attached hydrogens (tertiary/aromatic N) is 2. The van der Waals surface area contributed by atoms with E-state index in [0.717, 1.165) is 5.69 Å². The Balaban J connectivity index is 2.71. The Kier molecular flexibility index (Phi) is 4.85. The molecule has 1 unspecified atom stereocenters. The van der Waals surface area contributed by atoms with E-state index in [1.807, 2.05) is 13.8 Å². The van der Waals surface area contributed by atoms with Gasteiger partial charge in [-0.1, -0.05) is 6.92 Å². The fourth-order valence-corrected chi connectivity index (χ4v) is 1.43. The normalized spacial score (nSPS) is 12.2. The van der Waals surface area contributed by atoms with E-state index in [1.165, 1.54) is 0 Å². The number of hydrogen-bond donors (Lipinski definition) is 3. The summed E-state index contributed by atoms with van der Waals surface area (Å²) in [4.78, 5) is 22.2. The number of carboxylic acid groups (broad SMARTS) is 1. The van der Waals surface area contributed by atoms with Crippen LogP contribution in [0.4, 0.5) is 0 Å². The average Bonchev–Trinajstić information content (AvgIpc) is 2.78. The molecular weight excluding hydrogens is 238 g/mol. The Bertz CT molecular complexity index is 441. The van der Waals surface area contributed by atoms with Gasteiger partial charge in [0.25, 0.3) is 5.91 Å². The van der Waals surface area contributed by atoms with Crippen molar-refractivity contribution in [3.8, 4) is 0 Å². The van der Waals surface area contributed by atoms with Gasteiger partial charge in [0.2, 0.25) is 0 Å². The predicted octanol–water partition coefficient (Wildman–Crippen LogP) is -0.359. The van der Waals surface area contributed by atoms with Gasteiger partial charge in [-0.2, -0.15) is 5.10 Å². The van der Waals surface area contributed by atoms with E-state index < -0.39 is 18.0 Å². The minimum atomic E-state index is -1.60. The summed E-state index contributed by atoms with van der Waals surface area (Å²) in [6, 6.07) is 1.66.